The molecule has 0 aromatic heterocycles. The Kier molecular flexibility index (Phi) is 4.78. The lowest BCUT2D eigenvalue weighted by Crippen LogP contribution is -2.38. The van der Waals surface area contributed by atoms with E-state index in [1.165, 1.54) is 0 Å². The van der Waals surface area contributed by atoms with E-state index in [1.54, 1.807) is 45.0 Å². The quantitative estimate of drug-likeness (QED) is 0.895. The van der Waals surface area contributed by atoms with Crippen LogP contribution in [-0.2, 0) is 9.53 Å². The molecule has 6 heteroatoms. The maximum absolute atomic E-state index is 11.6. The maximum Gasteiger partial charge on any atom is 0.408 e. The summed E-state index contributed by atoms with van der Waals surface area (Å²) >= 11 is 5.92. The van der Waals surface area contributed by atoms with Crippen molar-refractivity contribution in [3.8, 4) is 0 Å². The minimum atomic E-state index is -1.25. The number of carbonyl (C=O) groups is 2. The average molecular weight is 286 g/mol. The lowest BCUT2D eigenvalue weighted by Gasteiger charge is -2.22. The van der Waals surface area contributed by atoms with E-state index in [2.05, 4.69) is 5.32 Å². The maximum atomic E-state index is 11.6. The topological polar surface area (TPSA) is 75.6 Å². The van der Waals surface area contributed by atoms with Crippen molar-refractivity contribution >= 4 is 23.7 Å². The number of carbonyl (C=O) groups excluding carboxylic acids is 1. The molecule has 1 atom stereocenters. The molecular formula is C13H16ClNO4. The van der Waals surface area contributed by atoms with Crippen molar-refractivity contribution in [3.05, 3.63) is 34.9 Å². The summed E-state index contributed by atoms with van der Waals surface area (Å²) in [5.41, 5.74) is -0.393. The van der Waals surface area contributed by atoms with Crippen molar-refractivity contribution in [1.29, 1.82) is 0 Å². The average Bonchev–Trinajstić information content (AvgIpc) is 2.24. The third-order valence-corrected chi connectivity index (χ3v) is 2.47. The van der Waals surface area contributed by atoms with Gasteiger partial charge in [-0.2, -0.15) is 0 Å². The minimum Gasteiger partial charge on any atom is -0.479 e. The first-order chi connectivity index (χ1) is 8.70. The van der Waals surface area contributed by atoms with E-state index < -0.39 is 23.7 Å². The van der Waals surface area contributed by atoms with E-state index >= 15 is 0 Å². The van der Waals surface area contributed by atoms with Crippen molar-refractivity contribution in [2.45, 2.75) is 32.4 Å². The number of aliphatic carboxylic acids is 1. The Bertz CT molecular complexity index is 482. The molecule has 0 saturated carbocycles. The smallest absolute Gasteiger partial charge is 0.408 e. The van der Waals surface area contributed by atoms with Gasteiger partial charge in [-0.3, -0.25) is 0 Å². The summed E-state index contributed by atoms with van der Waals surface area (Å²) in [5, 5.41) is 11.7. The van der Waals surface area contributed by atoms with Crippen molar-refractivity contribution < 1.29 is 19.4 Å². The molecule has 0 bridgehead atoms. The van der Waals surface area contributed by atoms with Gasteiger partial charge in [-0.05, 0) is 26.8 Å². The van der Waals surface area contributed by atoms with Gasteiger partial charge in [0.1, 0.15) is 5.60 Å². The highest BCUT2D eigenvalue weighted by Crippen LogP contribution is 2.23. The fourth-order valence-corrected chi connectivity index (χ4v) is 1.65. The highest BCUT2D eigenvalue weighted by Gasteiger charge is 2.26. The van der Waals surface area contributed by atoms with Gasteiger partial charge in [0, 0.05) is 10.6 Å². The summed E-state index contributed by atoms with van der Waals surface area (Å²) in [5.74, 6) is -1.21. The Morgan fingerprint density at radius 3 is 2.37 bits per heavy atom. The monoisotopic (exact) mass is 285 g/mol. The van der Waals surface area contributed by atoms with Gasteiger partial charge in [-0.25, -0.2) is 9.59 Å². The van der Waals surface area contributed by atoms with Crippen LogP contribution in [0.5, 0.6) is 0 Å². The van der Waals surface area contributed by atoms with Crippen LogP contribution in [0.15, 0.2) is 24.3 Å². The fourth-order valence-electron chi connectivity index (χ4n) is 1.41. The van der Waals surface area contributed by atoms with Crippen molar-refractivity contribution in [3.63, 3.8) is 0 Å². The van der Waals surface area contributed by atoms with E-state index in [0.717, 1.165) is 0 Å². The number of amides is 1. The van der Waals surface area contributed by atoms with Gasteiger partial charge in [0.05, 0.1) is 0 Å². The Hall–Kier alpha value is -1.75. The molecule has 0 aliphatic heterocycles. The van der Waals surface area contributed by atoms with Crippen molar-refractivity contribution in [2.75, 3.05) is 0 Å². The molecule has 0 heterocycles. The summed E-state index contributed by atoms with van der Waals surface area (Å²) in [4.78, 5) is 22.8. The molecule has 0 fully saturated rings. The summed E-state index contributed by atoms with van der Waals surface area (Å²) in [6, 6.07) is 5.18. The van der Waals surface area contributed by atoms with E-state index in [1.807, 2.05) is 0 Å². The van der Waals surface area contributed by atoms with Gasteiger partial charge < -0.3 is 15.2 Å². The first kappa shape index (κ1) is 15.3. The Balaban J connectivity index is 2.89. The molecule has 0 radical (unpaired) electrons. The van der Waals surface area contributed by atoms with Crippen LogP contribution in [0, 0.1) is 0 Å². The molecule has 2 N–H and O–H groups in total. The molecule has 0 aliphatic carbocycles. The van der Waals surface area contributed by atoms with Crippen molar-refractivity contribution in [1.82, 2.24) is 5.32 Å². The largest absolute Gasteiger partial charge is 0.479 e. The Labute approximate surface area is 116 Å². The van der Waals surface area contributed by atoms with Crippen LogP contribution in [0.1, 0.15) is 32.4 Å². The van der Waals surface area contributed by atoms with E-state index in [0.29, 0.717) is 5.56 Å². The van der Waals surface area contributed by atoms with Crippen LogP contribution >= 0.6 is 11.6 Å². The van der Waals surface area contributed by atoms with Crippen LogP contribution in [0.25, 0.3) is 0 Å². The van der Waals surface area contributed by atoms with Crippen LogP contribution in [0.3, 0.4) is 0 Å². The molecule has 19 heavy (non-hydrogen) atoms. The van der Waals surface area contributed by atoms with Gasteiger partial charge in [0.25, 0.3) is 0 Å². The molecule has 1 rings (SSSR count). The number of carboxylic acid groups (broad SMARTS) is 1. The van der Waals surface area contributed by atoms with E-state index in [9.17, 15) is 9.59 Å². The van der Waals surface area contributed by atoms with Gasteiger partial charge in [0.15, 0.2) is 6.04 Å². The van der Waals surface area contributed by atoms with E-state index in [-0.39, 0.29) is 5.02 Å². The number of ether oxygens (including phenoxy) is 1. The number of carboxylic acids is 1. The van der Waals surface area contributed by atoms with Gasteiger partial charge in [-0.1, -0.05) is 29.8 Å². The molecule has 1 amide bonds. The lowest BCUT2D eigenvalue weighted by atomic mass is 10.1. The van der Waals surface area contributed by atoms with Crippen molar-refractivity contribution in [2.24, 2.45) is 0 Å². The number of rotatable bonds is 3. The normalized spacial score (nSPS) is 12.6. The second-order valence-corrected chi connectivity index (χ2v) is 5.35. The summed E-state index contributed by atoms with van der Waals surface area (Å²) in [7, 11) is 0. The summed E-state index contributed by atoms with van der Waals surface area (Å²) in [6.07, 6.45) is -0.806. The molecule has 1 aromatic carbocycles. The zero-order valence-corrected chi connectivity index (χ0v) is 11.7. The highest BCUT2D eigenvalue weighted by molar-refractivity contribution is 6.31. The number of hydrogen-bond acceptors (Lipinski definition) is 3. The van der Waals surface area contributed by atoms with Crippen LogP contribution in [0.2, 0.25) is 5.02 Å². The minimum absolute atomic E-state index is 0.269. The lowest BCUT2D eigenvalue weighted by molar-refractivity contribution is -0.139. The summed E-state index contributed by atoms with van der Waals surface area (Å²) < 4.78 is 5.02. The zero-order valence-electron chi connectivity index (χ0n) is 10.9. The third kappa shape index (κ3) is 4.79. The number of halogens is 1. The molecule has 0 unspecified atom stereocenters. The van der Waals surface area contributed by atoms with Gasteiger partial charge in [-0.15, -0.1) is 0 Å². The first-order valence-electron chi connectivity index (χ1n) is 5.67. The second-order valence-electron chi connectivity index (χ2n) is 4.94. The predicted molar refractivity (Wildman–Crippen MR) is 71.2 cm³/mol. The highest BCUT2D eigenvalue weighted by atomic mass is 35.5. The standard InChI is InChI=1S/C13H16ClNO4/c1-13(2,3)19-12(18)15-10(11(16)17)8-6-4-5-7-9(8)14/h4-7,10H,1-3H3,(H,15,18)(H,16,17)/t10-/m0/s1. The molecule has 0 spiro atoms. The molecule has 5 nitrogen and oxygen atoms in total. The Morgan fingerprint density at radius 1 is 1.32 bits per heavy atom. The van der Waals surface area contributed by atoms with Crippen LogP contribution < -0.4 is 5.32 Å². The molecule has 104 valence electrons. The molecule has 0 saturated heterocycles. The Morgan fingerprint density at radius 2 is 1.89 bits per heavy atom. The molecule has 1 aromatic rings. The van der Waals surface area contributed by atoms with Gasteiger partial charge >= 0.3 is 12.1 Å². The molecule has 0 aliphatic rings. The first-order valence-corrected chi connectivity index (χ1v) is 6.05. The zero-order chi connectivity index (χ0) is 14.6. The van der Waals surface area contributed by atoms with Crippen LogP contribution in [0.4, 0.5) is 4.79 Å². The third-order valence-electron chi connectivity index (χ3n) is 2.12. The van der Waals surface area contributed by atoms with Crippen LogP contribution in [-0.4, -0.2) is 22.8 Å². The SMILES string of the molecule is CC(C)(C)OC(=O)N[C@H](C(=O)O)c1ccccc1Cl. The van der Waals surface area contributed by atoms with Gasteiger partial charge in [0.2, 0.25) is 0 Å². The number of benzene rings is 1. The number of hydrogen-bond donors (Lipinski definition) is 2. The summed E-state index contributed by atoms with van der Waals surface area (Å²) in [6.45, 7) is 5.08. The second kappa shape index (κ2) is 5.93. The number of nitrogens with one attached hydrogen (secondary N) is 1. The van der Waals surface area contributed by atoms with E-state index in [4.69, 9.17) is 21.4 Å². The predicted octanol–water partition coefficient (Wildman–Crippen LogP) is 2.99. The molecular weight excluding hydrogens is 270 g/mol. The number of alkyl carbamates (subject to hydrolysis) is 1. The fraction of sp³-hybridized carbons (Fsp3) is 0.385.